The summed E-state index contributed by atoms with van der Waals surface area (Å²) in [6, 6.07) is 36.6. The predicted molar refractivity (Wildman–Crippen MR) is 149 cm³/mol. The Balaban J connectivity index is 1.41. The van der Waals surface area contributed by atoms with Crippen molar-refractivity contribution in [1.82, 2.24) is 15.0 Å². The summed E-state index contributed by atoms with van der Waals surface area (Å²) in [6.45, 7) is 2.04. The van der Waals surface area contributed by atoms with Gasteiger partial charge >= 0.3 is 0 Å². The number of ketones is 1. The number of carbonyl (C=O) groups is 1. The van der Waals surface area contributed by atoms with Crippen LogP contribution in [0.4, 0.5) is 0 Å². The zero-order valence-electron chi connectivity index (χ0n) is 20.8. The molecular formula is C34H23N3O. The van der Waals surface area contributed by atoms with E-state index in [0.717, 1.165) is 61.3 Å². The Morgan fingerprint density at radius 1 is 0.684 bits per heavy atom. The second kappa shape index (κ2) is 7.65. The molecule has 1 fully saturated rings. The third-order valence-corrected chi connectivity index (χ3v) is 8.35. The van der Waals surface area contributed by atoms with Crippen LogP contribution in [0.3, 0.4) is 0 Å². The maximum Gasteiger partial charge on any atom is 0.167 e. The highest BCUT2D eigenvalue weighted by molar-refractivity contribution is 6.05. The summed E-state index contributed by atoms with van der Waals surface area (Å²) >= 11 is 0. The first-order valence-electron chi connectivity index (χ1n) is 13.0. The molecule has 2 aliphatic carbocycles. The standard InChI is InChI=1S/C34H23N3O/c1-20-14-16-22(17-15-20)32(38)30-29(28-19-18-21-8-2-5-11-25(21)35-28)34(30)24-10-4-3-9-23(24)31-33(34)37-27-13-7-6-12-26(27)36-31/h2-19,29-30H,1H3/t29-,30+,34+/m1/s1. The number of pyridine rings is 1. The fourth-order valence-electron chi connectivity index (χ4n) is 6.59. The molecule has 4 heteroatoms. The molecule has 0 aliphatic heterocycles. The summed E-state index contributed by atoms with van der Waals surface area (Å²) in [5.41, 5.74) is 8.76. The van der Waals surface area contributed by atoms with Crippen LogP contribution in [0.5, 0.6) is 0 Å². The van der Waals surface area contributed by atoms with E-state index in [4.69, 9.17) is 15.0 Å². The van der Waals surface area contributed by atoms with Gasteiger partial charge < -0.3 is 0 Å². The van der Waals surface area contributed by atoms with Crippen molar-refractivity contribution in [3.8, 4) is 11.3 Å². The molecule has 1 spiro atoms. The number of hydrogen-bond donors (Lipinski definition) is 0. The lowest BCUT2D eigenvalue weighted by Gasteiger charge is -2.14. The van der Waals surface area contributed by atoms with E-state index < -0.39 is 5.41 Å². The van der Waals surface area contributed by atoms with Crippen molar-refractivity contribution < 1.29 is 4.79 Å². The quantitative estimate of drug-likeness (QED) is 0.250. The van der Waals surface area contributed by atoms with Gasteiger partial charge in [-0.15, -0.1) is 0 Å². The Bertz CT molecular complexity index is 1930. The molecule has 0 saturated heterocycles. The van der Waals surface area contributed by atoms with Crippen LogP contribution < -0.4 is 0 Å². The van der Waals surface area contributed by atoms with Gasteiger partial charge in [-0.1, -0.05) is 90.5 Å². The maximum absolute atomic E-state index is 14.3. The summed E-state index contributed by atoms with van der Waals surface area (Å²) in [5, 5.41) is 1.09. The van der Waals surface area contributed by atoms with Crippen LogP contribution in [0, 0.1) is 12.8 Å². The smallest absolute Gasteiger partial charge is 0.167 e. The Hall–Kier alpha value is -4.70. The van der Waals surface area contributed by atoms with E-state index in [9.17, 15) is 4.79 Å². The maximum atomic E-state index is 14.3. The van der Waals surface area contributed by atoms with E-state index in [1.54, 1.807) is 0 Å². The van der Waals surface area contributed by atoms with Gasteiger partial charge in [0, 0.05) is 34.0 Å². The van der Waals surface area contributed by atoms with Gasteiger partial charge in [0.2, 0.25) is 0 Å². The van der Waals surface area contributed by atoms with Crippen molar-refractivity contribution in [2.75, 3.05) is 0 Å². The molecule has 0 bridgehead atoms. The molecule has 0 N–H and O–H groups in total. The molecule has 8 rings (SSSR count). The van der Waals surface area contributed by atoms with Crippen LogP contribution in [0.25, 0.3) is 33.2 Å². The number of Topliss-reactive ketones (excluding diaryl/α,β-unsaturated/α-hetero) is 1. The van der Waals surface area contributed by atoms with Gasteiger partial charge in [0.25, 0.3) is 0 Å². The normalized spacial score (nSPS) is 21.0. The van der Waals surface area contributed by atoms with Gasteiger partial charge in [-0.05, 0) is 36.8 Å². The SMILES string of the molecule is Cc1ccc(C(=O)[C@@H]2[C@@H](c3ccc4ccccc4n3)[C@@]23c2ccccc2-c2nc4ccccc4nc23)cc1. The van der Waals surface area contributed by atoms with E-state index in [1.165, 1.54) is 0 Å². The molecule has 180 valence electrons. The van der Waals surface area contributed by atoms with Gasteiger partial charge in [-0.25, -0.2) is 9.97 Å². The number of rotatable bonds is 3. The average molecular weight is 490 g/mol. The van der Waals surface area contributed by atoms with E-state index >= 15 is 0 Å². The van der Waals surface area contributed by atoms with E-state index in [2.05, 4.69) is 36.4 Å². The Morgan fingerprint density at radius 2 is 1.37 bits per heavy atom. The van der Waals surface area contributed by atoms with E-state index in [1.807, 2.05) is 79.7 Å². The van der Waals surface area contributed by atoms with Crippen LogP contribution in [-0.2, 0) is 5.41 Å². The minimum atomic E-state index is -0.611. The van der Waals surface area contributed by atoms with Gasteiger partial charge in [0.05, 0.1) is 33.4 Å². The molecule has 2 heterocycles. The lowest BCUT2D eigenvalue weighted by molar-refractivity contribution is 0.0958. The number of hydrogen-bond acceptors (Lipinski definition) is 4. The lowest BCUT2D eigenvalue weighted by Crippen LogP contribution is -2.16. The average Bonchev–Trinajstić information content (AvgIpc) is 3.59. The highest BCUT2D eigenvalue weighted by Crippen LogP contribution is 2.74. The largest absolute Gasteiger partial charge is 0.294 e. The topological polar surface area (TPSA) is 55.7 Å². The van der Waals surface area contributed by atoms with Crippen molar-refractivity contribution in [3.05, 3.63) is 137 Å². The molecule has 0 amide bonds. The molecule has 2 aromatic heterocycles. The zero-order chi connectivity index (χ0) is 25.4. The number of aryl methyl sites for hydroxylation is 1. The van der Waals surface area contributed by atoms with Gasteiger partial charge in [0.1, 0.15) is 0 Å². The van der Waals surface area contributed by atoms with Crippen LogP contribution >= 0.6 is 0 Å². The second-order valence-electron chi connectivity index (χ2n) is 10.4. The van der Waals surface area contributed by atoms with Gasteiger partial charge in [-0.3, -0.25) is 9.78 Å². The highest BCUT2D eigenvalue weighted by Gasteiger charge is 2.74. The third kappa shape index (κ3) is 2.80. The van der Waals surface area contributed by atoms with Crippen LogP contribution in [0.1, 0.15) is 38.8 Å². The first-order valence-corrected chi connectivity index (χ1v) is 13.0. The fraction of sp³-hybridized carbons (Fsp3) is 0.118. The molecule has 0 radical (unpaired) electrons. The number of carbonyl (C=O) groups excluding carboxylic acids is 1. The van der Waals surface area contributed by atoms with Crippen molar-refractivity contribution >= 4 is 27.7 Å². The Labute approximate surface area is 220 Å². The minimum absolute atomic E-state index is 0.127. The molecular weight excluding hydrogens is 466 g/mol. The molecule has 4 aromatic carbocycles. The number of benzene rings is 4. The molecule has 38 heavy (non-hydrogen) atoms. The predicted octanol–water partition coefficient (Wildman–Crippen LogP) is 7.05. The van der Waals surface area contributed by atoms with Crippen LogP contribution in [0.15, 0.2) is 109 Å². The van der Waals surface area contributed by atoms with Gasteiger partial charge in [-0.2, -0.15) is 0 Å². The summed E-state index contributed by atoms with van der Waals surface area (Å²) in [7, 11) is 0. The minimum Gasteiger partial charge on any atom is -0.294 e. The second-order valence-corrected chi connectivity index (χ2v) is 10.4. The molecule has 2 aliphatic rings. The van der Waals surface area contributed by atoms with Crippen LogP contribution in [-0.4, -0.2) is 20.7 Å². The van der Waals surface area contributed by atoms with Gasteiger partial charge in [0.15, 0.2) is 5.78 Å². The Morgan fingerprint density at radius 3 is 2.18 bits per heavy atom. The van der Waals surface area contributed by atoms with Crippen molar-refractivity contribution in [3.63, 3.8) is 0 Å². The number of fused-ring (bicyclic) bond motifs is 7. The highest BCUT2D eigenvalue weighted by atomic mass is 16.1. The molecule has 3 atom stereocenters. The fourth-order valence-corrected chi connectivity index (χ4v) is 6.59. The van der Waals surface area contributed by atoms with E-state index in [0.29, 0.717) is 0 Å². The first-order chi connectivity index (χ1) is 18.7. The Kier molecular flexibility index (Phi) is 4.31. The van der Waals surface area contributed by atoms with Crippen LogP contribution in [0.2, 0.25) is 0 Å². The lowest BCUT2D eigenvalue weighted by atomic mass is 9.89. The first kappa shape index (κ1) is 21.4. The molecule has 4 nitrogen and oxygen atoms in total. The number of para-hydroxylation sites is 3. The third-order valence-electron chi connectivity index (χ3n) is 8.35. The van der Waals surface area contributed by atoms with Crippen molar-refractivity contribution in [2.45, 2.75) is 18.3 Å². The summed E-state index contributed by atoms with van der Waals surface area (Å²) in [6.07, 6.45) is 0. The zero-order valence-corrected chi connectivity index (χ0v) is 20.8. The number of nitrogens with zero attached hydrogens (tertiary/aromatic N) is 3. The molecule has 6 aromatic rings. The monoisotopic (exact) mass is 489 g/mol. The number of aromatic nitrogens is 3. The summed E-state index contributed by atoms with van der Waals surface area (Å²) in [5.74, 6) is -0.335. The summed E-state index contributed by atoms with van der Waals surface area (Å²) in [4.78, 5) is 29.8. The van der Waals surface area contributed by atoms with Crippen molar-refractivity contribution in [2.24, 2.45) is 5.92 Å². The molecule has 1 saturated carbocycles. The molecule has 0 unspecified atom stereocenters. The van der Waals surface area contributed by atoms with E-state index in [-0.39, 0.29) is 17.6 Å². The van der Waals surface area contributed by atoms with Crippen molar-refractivity contribution in [1.29, 1.82) is 0 Å². The summed E-state index contributed by atoms with van der Waals surface area (Å²) < 4.78 is 0.